The van der Waals surface area contributed by atoms with E-state index in [4.69, 9.17) is 10.5 Å². The van der Waals surface area contributed by atoms with E-state index < -0.39 is 77.1 Å². The van der Waals surface area contributed by atoms with Crippen LogP contribution in [-0.2, 0) is 34.1 Å². The Balaban J connectivity index is 3.22. The average Bonchev–Trinajstić information content (AvgIpc) is 3.07. The molecule has 15 nitrogen and oxygen atoms in total. The molecule has 0 radical (unpaired) electrons. The lowest BCUT2D eigenvalue weighted by Gasteiger charge is -2.40. The summed E-state index contributed by atoms with van der Waals surface area (Å²) in [6.07, 6.45) is 1.14. The number of nitrogens with two attached hydrogens (primary N) is 1. The topological polar surface area (TPSA) is 221 Å². The quantitative estimate of drug-likeness (QED) is 0.0615. The van der Waals surface area contributed by atoms with Gasteiger partial charge in [-0.2, -0.15) is 0 Å². The van der Waals surface area contributed by atoms with Crippen LogP contribution in [0.1, 0.15) is 88.1 Å². The lowest BCUT2D eigenvalue weighted by atomic mass is 9.76. The summed E-state index contributed by atoms with van der Waals surface area (Å²) in [6.45, 7) is 23.2. The number of rotatable bonds is 19. The molecule has 1 rings (SSSR count). The number of amides is 5. The Kier molecular flexibility index (Phi) is 18.2. The van der Waals surface area contributed by atoms with Gasteiger partial charge in [0.2, 0.25) is 23.6 Å². The number of benzene rings is 1. The lowest BCUT2D eigenvalue weighted by Crippen LogP contribution is -2.61. The third kappa shape index (κ3) is 14.1. The molecule has 55 heavy (non-hydrogen) atoms. The van der Waals surface area contributed by atoms with Gasteiger partial charge in [0.15, 0.2) is 6.23 Å². The molecule has 0 aliphatic rings. The smallest absolute Gasteiger partial charge is 0.413 e. The van der Waals surface area contributed by atoms with E-state index in [1.165, 1.54) is 24.8 Å². The number of aliphatic carboxylic acids is 1. The summed E-state index contributed by atoms with van der Waals surface area (Å²) in [5, 5.41) is 23.3. The van der Waals surface area contributed by atoms with E-state index in [1.54, 1.807) is 58.3 Å². The molecule has 0 spiro atoms. The van der Waals surface area contributed by atoms with Crippen LogP contribution in [0.2, 0.25) is 0 Å². The number of carboxylic acid groups (broad SMARTS) is 1. The van der Waals surface area contributed by atoms with Gasteiger partial charge < -0.3 is 41.7 Å². The molecular formula is C40H65N7O8. The van der Waals surface area contributed by atoms with Crippen molar-refractivity contribution in [1.82, 2.24) is 26.2 Å². The standard InChI is InChI=1S/C40H65N7O8/c1-15-17-29(45-33(48)25(7)43-34(49)30(41)23(4)5)55-38(54)44-27-19-16-18-26(21-27)40(11,12)31(42-13)35(50)46-32(39(8,9)10)36(51)47(14)28(22(2)3)20-24(6)37(52)53/h15-16,18-23,25,28-32,42H,1,17,41H2,2-14H3,(H,43,49)(H,44,54)(H,45,48)(H,46,50)(H,52,53)/b24-20+/t25-,28?,29?,30-,31+,32+/m0/s1. The number of nitrogens with one attached hydrogen (secondary N) is 5. The van der Waals surface area contributed by atoms with E-state index in [0.717, 1.165) is 0 Å². The van der Waals surface area contributed by atoms with Crippen LogP contribution in [0.4, 0.5) is 10.5 Å². The van der Waals surface area contributed by atoms with Crippen LogP contribution < -0.4 is 32.3 Å². The third-order valence-corrected chi connectivity index (χ3v) is 9.47. The van der Waals surface area contributed by atoms with Crippen LogP contribution in [0, 0.1) is 17.3 Å². The molecule has 0 aliphatic heterocycles. The first-order valence-electron chi connectivity index (χ1n) is 18.5. The van der Waals surface area contributed by atoms with Crippen molar-refractivity contribution in [2.45, 2.75) is 124 Å². The second-order valence-electron chi connectivity index (χ2n) is 16.2. The van der Waals surface area contributed by atoms with Crippen LogP contribution in [0.5, 0.6) is 0 Å². The SMILES string of the molecule is C=CCC(NC(=O)[C@H](C)NC(=O)[C@@H](N)C(C)C)OC(=O)Nc1cccc(C(C)(C)[C@H](NC)C(=O)N[C@H](C(=O)N(C)C(/C=C(\C)C(=O)O)C(C)C)C(C)(C)C)c1. The van der Waals surface area contributed by atoms with Crippen molar-refractivity contribution in [3.63, 3.8) is 0 Å². The Morgan fingerprint density at radius 1 is 0.909 bits per heavy atom. The summed E-state index contributed by atoms with van der Waals surface area (Å²) in [7, 11) is 3.24. The molecule has 8 N–H and O–H groups in total. The number of carbonyl (C=O) groups excluding carboxylic acids is 5. The molecule has 15 heteroatoms. The predicted octanol–water partition coefficient (Wildman–Crippen LogP) is 3.65. The van der Waals surface area contributed by atoms with Crippen molar-refractivity contribution in [3.05, 3.63) is 54.1 Å². The first kappa shape index (κ1) is 48.3. The fourth-order valence-corrected chi connectivity index (χ4v) is 5.81. The minimum atomic E-state index is -1.09. The number of hydrogen-bond acceptors (Lipinski definition) is 9. The van der Waals surface area contributed by atoms with Gasteiger partial charge in [0.05, 0.1) is 18.1 Å². The summed E-state index contributed by atoms with van der Waals surface area (Å²) in [5.74, 6) is -3.19. The number of hydrogen-bond donors (Lipinski definition) is 7. The molecule has 0 saturated heterocycles. The lowest BCUT2D eigenvalue weighted by molar-refractivity contribution is -0.141. The number of carbonyl (C=O) groups is 6. The van der Waals surface area contributed by atoms with E-state index in [1.807, 2.05) is 48.5 Å². The Labute approximate surface area is 326 Å². The van der Waals surface area contributed by atoms with E-state index in [0.29, 0.717) is 11.3 Å². The fourth-order valence-electron chi connectivity index (χ4n) is 5.81. The number of ether oxygens (including phenoxy) is 1. The molecule has 1 aromatic carbocycles. The van der Waals surface area contributed by atoms with Crippen LogP contribution in [0.25, 0.3) is 0 Å². The molecule has 0 fully saturated rings. The molecule has 0 bridgehead atoms. The molecular weight excluding hydrogens is 706 g/mol. The Bertz CT molecular complexity index is 1570. The average molecular weight is 772 g/mol. The summed E-state index contributed by atoms with van der Waals surface area (Å²) in [4.78, 5) is 79.3. The second kappa shape index (κ2) is 20.8. The van der Waals surface area contributed by atoms with E-state index in [2.05, 4.69) is 33.2 Å². The highest BCUT2D eigenvalue weighted by atomic mass is 16.6. The van der Waals surface area contributed by atoms with Crippen molar-refractivity contribution in [2.75, 3.05) is 19.4 Å². The molecule has 0 heterocycles. The number of likely N-dealkylation sites (N-methyl/N-ethyl adjacent to an activating group) is 2. The van der Waals surface area contributed by atoms with Crippen molar-refractivity contribution in [2.24, 2.45) is 23.0 Å². The minimum Gasteiger partial charge on any atom is -0.478 e. The predicted molar refractivity (Wildman–Crippen MR) is 214 cm³/mol. The normalized spacial score (nSPS) is 15.5. The highest BCUT2D eigenvalue weighted by Crippen LogP contribution is 2.31. The zero-order valence-corrected chi connectivity index (χ0v) is 34.8. The summed E-state index contributed by atoms with van der Waals surface area (Å²) in [6, 6.07) is 2.77. The first-order chi connectivity index (χ1) is 25.3. The number of carboxylic acids is 1. The van der Waals surface area contributed by atoms with Crippen molar-refractivity contribution < 1.29 is 38.6 Å². The molecule has 0 aromatic heterocycles. The zero-order valence-electron chi connectivity index (χ0n) is 34.8. The monoisotopic (exact) mass is 771 g/mol. The van der Waals surface area contributed by atoms with E-state index in [9.17, 15) is 33.9 Å². The Morgan fingerprint density at radius 3 is 2.00 bits per heavy atom. The molecule has 1 aromatic rings. The molecule has 2 unspecified atom stereocenters. The number of nitrogens with zero attached hydrogens (tertiary/aromatic N) is 1. The zero-order chi connectivity index (χ0) is 42.6. The largest absolute Gasteiger partial charge is 0.478 e. The van der Waals surface area contributed by atoms with Gasteiger partial charge in [-0.3, -0.25) is 24.5 Å². The summed E-state index contributed by atoms with van der Waals surface area (Å²) >= 11 is 0. The van der Waals surface area contributed by atoms with Gasteiger partial charge in [-0.25, -0.2) is 9.59 Å². The maximum atomic E-state index is 14.1. The number of anilines is 1. The van der Waals surface area contributed by atoms with Crippen molar-refractivity contribution >= 4 is 41.4 Å². The van der Waals surface area contributed by atoms with Gasteiger partial charge in [0.1, 0.15) is 12.1 Å². The van der Waals surface area contributed by atoms with Crippen LogP contribution in [0.15, 0.2) is 48.6 Å². The van der Waals surface area contributed by atoms with Crippen LogP contribution >= 0.6 is 0 Å². The van der Waals surface area contributed by atoms with E-state index >= 15 is 0 Å². The minimum absolute atomic E-state index is 0.0853. The Morgan fingerprint density at radius 2 is 1.51 bits per heavy atom. The molecule has 308 valence electrons. The van der Waals surface area contributed by atoms with Crippen LogP contribution in [0.3, 0.4) is 0 Å². The second-order valence-corrected chi connectivity index (χ2v) is 16.2. The van der Waals surface area contributed by atoms with Gasteiger partial charge in [-0.05, 0) is 55.8 Å². The van der Waals surface area contributed by atoms with Crippen LogP contribution in [-0.4, -0.2) is 96.2 Å². The van der Waals surface area contributed by atoms with Gasteiger partial charge in [-0.15, -0.1) is 6.58 Å². The van der Waals surface area contributed by atoms with Gasteiger partial charge in [-0.1, -0.05) is 86.6 Å². The van der Waals surface area contributed by atoms with Gasteiger partial charge >= 0.3 is 12.1 Å². The fraction of sp³-hybridized carbons (Fsp3) is 0.600. The van der Waals surface area contributed by atoms with Crippen molar-refractivity contribution in [1.29, 1.82) is 0 Å². The summed E-state index contributed by atoms with van der Waals surface area (Å²) < 4.78 is 5.48. The maximum absolute atomic E-state index is 14.1. The molecule has 5 amide bonds. The molecule has 6 atom stereocenters. The third-order valence-electron chi connectivity index (χ3n) is 9.47. The molecule has 0 saturated carbocycles. The Hall–Kier alpha value is -4.76. The van der Waals surface area contributed by atoms with Crippen molar-refractivity contribution in [3.8, 4) is 0 Å². The van der Waals surface area contributed by atoms with Gasteiger partial charge in [0.25, 0.3) is 0 Å². The molecule has 0 aliphatic carbocycles. The first-order valence-corrected chi connectivity index (χ1v) is 18.5. The van der Waals surface area contributed by atoms with E-state index in [-0.39, 0.29) is 29.7 Å². The highest BCUT2D eigenvalue weighted by molar-refractivity contribution is 5.92. The van der Waals surface area contributed by atoms with Gasteiger partial charge in [0, 0.05) is 30.1 Å². The summed E-state index contributed by atoms with van der Waals surface area (Å²) in [5.41, 5.74) is 5.41. The highest BCUT2D eigenvalue weighted by Gasteiger charge is 2.42. The maximum Gasteiger partial charge on any atom is 0.413 e.